The number of hydrogen-bond acceptors (Lipinski definition) is 8. The van der Waals surface area contributed by atoms with Crippen LogP contribution in [0.25, 0.3) is 11.0 Å². The zero-order valence-corrected chi connectivity index (χ0v) is 20.9. The predicted octanol–water partition coefficient (Wildman–Crippen LogP) is 1.97. The summed E-state index contributed by atoms with van der Waals surface area (Å²) in [6.45, 7) is 6.03. The van der Waals surface area contributed by atoms with E-state index in [9.17, 15) is 13.2 Å². The Morgan fingerprint density at radius 1 is 1.26 bits per heavy atom. The van der Waals surface area contributed by atoms with Crippen LogP contribution in [0.1, 0.15) is 33.1 Å². The van der Waals surface area contributed by atoms with Gasteiger partial charge in [0.05, 0.1) is 23.8 Å². The first-order valence-corrected chi connectivity index (χ1v) is 13.4. The summed E-state index contributed by atoms with van der Waals surface area (Å²) in [4.78, 5) is 23.7. The van der Waals surface area contributed by atoms with E-state index < -0.39 is 10.0 Å². The number of H-pyrrole nitrogens is 1. The Morgan fingerprint density at radius 3 is 2.89 bits per heavy atom. The third kappa shape index (κ3) is 5.54. The number of aromatic nitrogens is 4. The maximum atomic E-state index is 13.1. The molecule has 1 aliphatic rings. The van der Waals surface area contributed by atoms with Crippen molar-refractivity contribution in [2.24, 2.45) is 0 Å². The summed E-state index contributed by atoms with van der Waals surface area (Å²) < 4.78 is 27.7. The number of nitrogens with zero attached hydrogens (tertiary/aromatic N) is 5. The topological polar surface area (TPSA) is 136 Å². The van der Waals surface area contributed by atoms with Crippen molar-refractivity contribution in [2.45, 2.75) is 44.0 Å². The first kappa shape index (κ1) is 24.9. The Hall–Kier alpha value is -3.25. The Balaban J connectivity index is 1.39. The number of carbonyl (C=O) groups excluding carboxylic acids is 1. The van der Waals surface area contributed by atoms with E-state index in [-0.39, 0.29) is 23.4 Å². The van der Waals surface area contributed by atoms with Crippen LogP contribution in [0, 0.1) is 0 Å². The molecule has 1 aliphatic heterocycles. The monoisotopic (exact) mass is 500 g/mol. The number of aromatic amines is 1. The highest BCUT2D eigenvalue weighted by Gasteiger charge is 2.26. The number of rotatable bonds is 10. The molecule has 4 rings (SSSR count). The standard InChI is InChI=1S/C23H32N8O3S/c1-3-11-31(4-2)35(33,34)20-10-6-5-9-19(20)24-14-21(32)28-17-8-7-12-30(15-17)23-18-13-27-29-22(18)25-16-26-23/h5-6,9-10,13,16-17,24H,3-4,7-8,11-12,14-15H2,1-2H3,(H,28,32)(H,25,26,27,29)/t17-/m1/s1. The molecular weight excluding hydrogens is 468 g/mol. The molecule has 1 amide bonds. The molecule has 0 radical (unpaired) electrons. The second kappa shape index (κ2) is 11.0. The van der Waals surface area contributed by atoms with E-state index in [1.54, 1.807) is 30.5 Å². The number of amides is 1. The molecule has 12 heteroatoms. The van der Waals surface area contributed by atoms with E-state index in [1.165, 1.54) is 10.6 Å². The summed E-state index contributed by atoms with van der Waals surface area (Å²) in [6.07, 6.45) is 5.71. The first-order valence-electron chi connectivity index (χ1n) is 12.0. The van der Waals surface area contributed by atoms with Gasteiger partial charge in [-0.05, 0) is 31.4 Å². The molecule has 0 aliphatic carbocycles. The van der Waals surface area contributed by atoms with E-state index in [1.807, 2.05) is 13.8 Å². The molecule has 0 saturated carbocycles. The highest BCUT2D eigenvalue weighted by Crippen LogP contribution is 2.26. The minimum atomic E-state index is -3.66. The van der Waals surface area contributed by atoms with Crippen molar-refractivity contribution in [1.82, 2.24) is 29.8 Å². The average Bonchev–Trinajstić information content (AvgIpc) is 3.35. The second-order valence-corrected chi connectivity index (χ2v) is 10.4. The first-order chi connectivity index (χ1) is 16.9. The Labute approximate surface area is 205 Å². The zero-order valence-electron chi connectivity index (χ0n) is 20.1. The van der Waals surface area contributed by atoms with Crippen LogP contribution < -0.4 is 15.5 Å². The summed E-state index contributed by atoms with van der Waals surface area (Å²) in [5.41, 5.74) is 1.10. The van der Waals surface area contributed by atoms with Crippen molar-refractivity contribution in [1.29, 1.82) is 0 Å². The van der Waals surface area contributed by atoms with Crippen LogP contribution in [0.15, 0.2) is 41.7 Å². The summed E-state index contributed by atoms with van der Waals surface area (Å²) >= 11 is 0. The van der Waals surface area contributed by atoms with E-state index in [0.717, 1.165) is 37.0 Å². The number of hydrogen-bond donors (Lipinski definition) is 3. The minimum absolute atomic E-state index is 0.0254. The smallest absolute Gasteiger partial charge is 0.245 e. The lowest BCUT2D eigenvalue weighted by Crippen LogP contribution is -2.49. The Bertz CT molecular complexity index is 1260. The SMILES string of the molecule is CCCN(CC)S(=O)(=O)c1ccccc1NCC(=O)N[C@@H]1CCCN(c2ncnc3[nH]ncc23)C1. The molecule has 1 atom stereocenters. The molecular formula is C23H32N8O3S. The maximum absolute atomic E-state index is 13.1. The quantitative estimate of drug-likeness (QED) is 0.384. The van der Waals surface area contributed by atoms with Gasteiger partial charge in [0.1, 0.15) is 17.0 Å². The van der Waals surface area contributed by atoms with Gasteiger partial charge in [-0.2, -0.15) is 9.40 Å². The van der Waals surface area contributed by atoms with Gasteiger partial charge in [0.15, 0.2) is 5.65 Å². The molecule has 0 bridgehead atoms. The molecule has 11 nitrogen and oxygen atoms in total. The van der Waals surface area contributed by atoms with Gasteiger partial charge >= 0.3 is 0 Å². The molecule has 0 unspecified atom stereocenters. The van der Waals surface area contributed by atoms with Gasteiger partial charge in [-0.15, -0.1) is 0 Å². The van der Waals surface area contributed by atoms with Crippen LogP contribution in [0.5, 0.6) is 0 Å². The normalized spacial score (nSPS) is 16.5. The van der Waals surface area contributed by atoms with Crippen molar-refractivity contribution < 1.29 is 13.2 Å². The molecule has 35 heavy (non-hydrogen) atoms. The molecule has 3 aromatic rings. The van der Waals surface area contributed by atoms with Crippen molar-refractivity contribution in [3.8, 4) is 0 Å². The van der Waals surface area contributed by atoms with Crippen molar-refractivity contribution in [2.75, 3.05) is 42.9 Å². The average molecular weight is 501 g/mol. The number of benzene rings is 1. The largest absolute Gasteiger partial charge is 0.375 e. The molecule has 1 fully saturated rings. The minimum Gasteiger partial charge on any atom is -0.375 e. The van der Waals surface area contributed by atoms with Gasteiger partial charge < -0.3 is 15.5 Å². The third-order valence-electron chi connectivity index (χ3n) is 6.08. The van der Waals surface area contributed by atoms with E-state index in [4.69, 9.17) is 0 Å². The van der Waals surface area contributed by atoms with Crippen LogP contribution in [0.4, 0.5) is 11.5 Å². The fourth-order valence-corrected chi connectivity index (χ4v) is 6.13. The van der Waals surface area contributed by atoms with E-state index >= 15 is 0 Å². The van der Waals surface area contributed by atoms with Gasteiger partial charge in [0.25, 0.3) is 0 Å². The van der Waals surface area contributed by atoms with Crippen LogP contribution >= 0.6 is 0 Å². The van der Waals surface area contributed by atoms with Crippen LogP contribution in [-0.2, 0) is 14.8 Å². The number of fused-ring (bicyclic) bond motifs is 1. The maximum Gasteiger partial charge on any atom is 0.245 e. The van der Waals surface area contributed by atoms with Crippen LogP contribution in [0.2, 0.25) is 0 Å². The number of sulfonamides is 1. The molecule has 1 saturated heterocycles. The third-order valence-corrected chi connectivity index (χ3v) is 8.12. The fourth-order valence-electron chi connectivity index (χ4n) is 4.42. The Kier molecular flexibility index (Phi) is 7.81. The summed E-state index contributed by atoms with van der Waals surface area (Å²) in [5.74, 6) is 0.605. The molecule has 3 heterocycles. The van der Waals surface area contributed by atoms with Gasteiger partial charge in [-0.25, -0.2) is 18.4 Å². The predicted molar refractivity (Wildman–Crippen MR) is 135 cm³/mol. The lowest BCUT2D eigenvalue weighted by atomic mass is 10.1. The molecule has 1 aromatic carbocycles. The number of carbonyl (C=O) groups is 1. The van der Waals surface area contributed by atoms with Crippen LogP contribution in [0.3, 0.4) is 0 Å². The summed E-state index contributed by atoms with van der Waals surface area (Å²) in [5, 5.41) is 13.9. The van der Waals surface area contributed by atoms with Crippen LogP contribution in [-0.4, -0.2) is 77.6 Å². The van der Waals surface area contributed by atoms with Gasteiger partial charge in [-0.3, -0.25) is 9.89 Å². The molecule has 0 spiro atoms. The van der Waals surface area contributed by atoms with Crippen molar-refractivity contribution >= 4 is 38.5 Å². The number of nitrogens with one attached hydrogen (secondary N) is 3. The Morgan fingerprint density at radius 2 is 2.09 bits per heavy atom. The lowest BCUT2D eigenvalue weighted by Gasteiger charge is -2.34. The van der Waals surface area contributed by atoms with Gasteiger partial charge in [0, 0.05) is 32.2 Å². The number of piperidine rings is 1. The lowest BCUT2D eigenvalue weighted by molar-refractivity contribution is -0.120. The van der Waals surface area contributed by atoms with Crippen molar-refractivity contribution in [3.63, 3.8) is 0 Å². The van der Waals surface area contributed by atoms with Crippen molar-refractivity contribution in [3.05, 3.63) is 36.8 Å². The molecule has 3 N–H and O–H groups in total. The van der Waals surface area contributed by atoms with E-state index in [2.05, 4.69) is 35.7 Å². The number of anilines is 2. The highest BCUT2D eigenvalue weighted by molar-refractivity contribution is 7.89. The second-order valence-electron chi connectivity index (χ2n) is 8.53. The van der Waals surface area contributed by atoms with Gasteiger partial charge in [0.2, 0.25) is 15.9 Å². The summed E-state index contributed by atoms with van der Waals surface area (Å²) in [7, 11) is -3.66. The van der Waals surface area contributed by atoms with E-state index in [0.29, 0.717) is 31.0 Å². The highest BCUT2D eigenvalue weighted by atomic mass is 32.2. The fraction of sp³-hybridized carbons (Fsp3) is 0.478. The van der Waals surface area contributed by atoms with Gasteiger partial charge in [-0.1, -0.05) is 26.0 Å². The number of para-hydroxylation sites is 1. The summed E-state index contributed by atoms with van der Waals surface area (Å²) in [6, 6.07) is 6.67. The molecule has 2 aromatic heterocycles. The zero-order chi connectivity index (χ0) is 24.8. The molecule has 188 valence electrons.